The highest BCUT2D eigenvalue weighted by Gasteiger charge is 2.36. The van der Waals surface area contributed by atoms with Gasteiger partial charge in [-0.25, -0.2) is 4.39 Å². The van der Waals surface area contributed by atoms with Crippen LogP contribution in [-0.2, 0) is 11.2 Å². The Bertz CT molecular complexity index is 1230. The topological polar surface area (TPSA) is 49.9 Å². The number of carbonyl (C=O) groups excluding carboxylic acids is 2. The van der Waals surface area contributed by atoms with Crippen LogP contribution >= 0.6 is 11.3 Å². The normalized spacial score (nSPS) is 15.4. The van der Waals surface area contributed by atoms with Crippen LogP contribution in [0.25, 0.3) is 0 Å². The Labute approximate surface area is 222 Å². The third kappa shape index (κ3) is 6.21. The fourth-order valence-corrected chi connectivity index (χ4v) is 5.51. The minimum atomic E-state index is -0.603. The molecule has 5 nitrogen and oxygen atoms in total. The van der Waals surface area contributed by atoms with Crippen LogP contribution in [0.4, 0.5) is 4.39 Å². The van der Waals surface area contributed by atoms with Gasteiger partial charge in [0.05, 0.1) is 6.04 Å². The number of fused-ring (bicyclic) bond motifs is 1. The molecule has 37 heavy (non-hydrogen) atoms. The van der Waals surface area contributed by atoms with Gasteiger partial charge in [-0.3, -0.25) is 9.59 Å². The standard InChI is InChI=1S/C30H35FN2O3S/c1-20(2)21-8-12-24(13-9-21)36-19-26-25-15-17-37-27(25)14-16-32(26)28(34)18-33(30(3,4)5)29(35)22-6-10-23(31)11-7-22/h6-13,15,17,20,26H,14,16,18-19H2,1-5H3/t26-/m1/s1. The summed E-state index contributed by atoms with van der Waals surface area (Å²) in [7, 11) is 0. The van der Waals surface area contributed by atoms with Crippen LogP contribution in [0.15, 0.2) is 60.0 Å². The van der Waals surface area contributed by atoms with Gasteiger partial charge in [-0.2, -0.15) is 0 Å². The van der Waals surface area contributed by atoms with Crippen molar-refractivity contribution in [1.29, 1.82) is 0 Å². The molecule has 0 aliphatic carbocycles. The molecule has 3 aromatic rings. The van der Waals surface area contributed by atoms with Crippen molar-refractivity contribution < 1.29 is 18.7 Å². The molecule has 7 heteroatoms. The number of thiophene rings is 1. The van der Waals surface area contributed by atoms with Crippen molar-refractivity contribution in [2.24, 2.45) is 0 Å². The molecular formula is C30H35FN2O3S. The summed E-state index contributed by atoms with van der Waals surface area (Å²) in [6.45, 7) is 10.8. The Morgan fingerprint density at radius 3 is 2.38 bits per heavy atom. The van der Waals surface area contributed by atoms with E-state index >= 15 is 0 Å². The molecule has 4 rings (SSSR count). The summed E-state index contributed by atoms with van der Waals surface area (Å²) in [6, 6.07) is 15.4. The summed E-state index contributed by atoms with van der Waals surface area (Å²) in [4.78, 5) is 31.8. The zero-order valence-electron chi connectivity index (χ0n) is 22.2. The lowest BCUT2D eigenvalue weighted by Crippen LogP contribution is -2.53. The Kier molecular flexibility index (Phi) is 8.02. The second-order valence-electron chi connectivity index (χ2n) is 10.8. The van der Waals surface area contributed by atoms with Gasteiger partial charge in [0.25, 0.3) is 5.91 Å². The summed E-state index contributed by atoms with van der Waals surface area (Å²) >= 11 is 1.70. The number of benzene rings is 2. The Hall–Kier alpha value is -3.19. The molecule has 0 N–H and O–H groups in total. The molecular weight excluding hydrogens is 487 g/mol. The molecule has 0 unspecified atom stereocenters. The zero-order valence-corrected chi connectivity index (χ0v) is 23.0. The van der Waals surface area contributed by atoms with Gasteiger partial charge in [0, 0.05) is 22.5 Å². The third-order valence-corrected chi connectivity index (χ3v) is 7.81. The summed E-state index contributed by atoms with van der Waals surface area (Å²) in [5, 5.41) is 2.06. The fourth-order valence-electron chi connectivity index (χ4n) is 4.59. The van der Waals surface area contributed by atoms with Crippen LogP contribution in [0.2, 0.25) is 0 Å². The van der Waals surface area contributed by atoms with E-state index in [4.69, 9.17) is 4.74 Å². The van der Waals surface area contributed by atoms with E-state index in [1.54, 1.807) is 16.2 Å². The lowest BCUT2D eigenvalue weighted by molar-refractivity contribution is -0.136. The summed E-state index contributed by atoms with van der Waals surface area (Å²) in [5.74, 6) is 0.369. The van der Waals surface area contributed by atoms with Crippen LogP contribution in [0.1, 0.15) is 72.9 Å². The predicted octanol–water partition coefficient (Wildman–Crippen LogP) is 6.46. The minimum Gasteiger partial charge on any atom is -0.491 e. The number of nitrogens with zero attached hydrogens (tertiary/aromatic N) is 2. The van der Waals surface area contributed by atoms with Gasteiger partial charge in [-0.15, -0.1) is 11.3 Å². The molecule has 0 spiro atoms. The van der Waals surface area contributed by atoms with E-state index in [1.807, 2.05) is 37.8 Å². The number of halogens is 1. The Morgan fingerprint density at radius 2 is 1.76 bits per heavy atom. The lowest BCUT2D eigenvalue weighted by atomic mass is 9.99. The quantitative estimate of drug-likeness (QED) is 0.358. The van der Waals surface area contributed by atoms with Crippen molar-refractivity contribution >= 4 is 23.2 Å². The van der Waals surface area contributed by atoms with Crippen LogP contribution in [0.5, 0.6) is 5.75 Å². The molecule has 0 radical (unpaired) electrons. The maximum atomic E-state index is 13.7. The fraction of sp³-hybridized carbons (Fsp3) is 0.400. The monoisotopic (exact) mass is 522 g/mol. The summed E-state index contributed by atoms with van der Waals surface area (Å²) in [6.07, 6.45) is 0.778. The number of ether oxygens (including phenoxy) is 1. The molecule has 2 heterocycles. The van der Waals surface area contributed by atoms with Crippen LogP contribution < -0.4 is 4.74 Å². The molecule has 0 bridgehead atoms. The van der Waals surface area contributed by atoms with Crippen molar-refractivity contribution in [3.05, 3.63) is 87.4 Å². The van der Waals surface area contributed by atoms with Gasteiger partial charge in [-0.1, -0.05) is 26.0 Å². The van der Waals surface area contributed by atoms with E-state index < -0.39 is 11.4 Å². The highest BCUT2D eigenvalue weighted by molar-refractivity contribution is 7.10. The maximum Gasteiger partial charge on any atom is 0.254 e. The van der Waals surface area contributed by atoms with E-state index in [1.165, 1.54) is 34.7 Å². The van der Waals surface area contributed by atoms with Gasteiger partial charge in [-0.05, 0) is 92.1 Å². The molecule has 1 aliphatic heterocycles. The molecule has 0 saturated carbocycles. The molecule has 1 aliphatic rings. The van der Waals surface area contributed by atoms with Crippen molar-refractivity contribution in [1.82, 2.24) is 9.80 Å². The van der Waals surface area contributed by atoms with Crippen molar-refractivity contribution in [3.8, 4) is 5.75 Å². The van der Waals surface area contributed by atoms with Crippen molar-refractivity contribution in [2.75, 3.05) is 19.7 Å². The average molecular weight is 523 g/mol. The molecule has 0 fully saturated rings. The molecule has 196 valence electrons. The molecule has 2 amide bonds. The molecule has 1 aromatic heterocycles. The zero-order chi connectivity index (χ0) is 26.7. The SMILES string of the molecule is CC(C)c1ccc(OC[C@@H]2c3ccsc3CCN2C(=O)CN(C(=O)c2ccc(F)cc2)C(C)(C)C)cc1. The number of carbonyl (C=O) groups is 2. The highest BCUT2D eigenvalue weighted by atomic mass is 32.1. The summed E-state index contributed by atoms with van der Waals surface area (Å²) < 4.78 is 19.6. The molecule has 0 saturated heterocycles. The van der Waals surface area contributed by atoms with Gasteiger partial charge in [0.1, 0.15) is 24.7 Å². The van der Waals surface area contributed by atoms with Gasteiger partial charge >= 0.3 is 0 Å². The molecule has 1 atom stereocenters. The van der Waals surface area contributed by atoms with E-state index in [0.717, 1.165) is 17.7 Å². The number of hydrogen-bond donors (Lipinski definition) is 0. The van der Waals surface area contributed by atoms with Crippen molar-refractivity contribution in [3.63, 3.8) is 0 Å². The number of hydrogen-bond acceptors (Lipinski definition) is 4. The van der Waals surface area contributed by atoms with Gasteiger partial charge < -0.3 is 14.5 Å². The first-order valence-corrected chi connectivity index (χ1v) is 13.6. The minimum absolute atomic E-state index is 0.0707. The van der Waals surface area contributed by atoms with E-state index in [0.29, 0.717) is 24.6 Å². The first-order valence-electron chi connectivity index (χ1n) is 12.7. The van der Waals surface area contributed by atoms with E-state index in [2.05, 4.69) is 37.4 Å². The average Bonchev–Trinajstić information content (AvgIpc) is 3.34. The van der Waals surface area contributed by atoms with Gasteiger partial charge in [0.2, 0.25) is 5.91 Å². The van der Waals surface area contributed by atoms with E-state index in [-0.39, 0.29) is 24.4 Å². The first kappa shape index (κ1) is 26.9. The first-order chi connectivity index (χ1) is 17.5. The third-order valence-electron chi connectivity index (χ3n) is 6.81. The van der Waals surface area contributed by atoms with Crippen molar-refractivity contribution in [2.45, 2.75) is 58.5 Å². The van der Waals surface area contributed by atoms with E-state index in [9.17, 15) is 14.0 Å². The summed E-state index contributed by atoms with van der Waals surface area (Å²) in [5.41, 5.74) is 2.10. The largest absolute Gasteiger partial charge is 0.491 e. The lowest BCUT2D eigenvalue weighted by Gasteiger charge is -2.40. The highest BCUT2D eigenvalue weighted by Crippen LogP contribution is 2.34. The predicted molar refractivity (Wildman–Crippen MR) is 146 cm³/mol. The van der Waals surface area contributed by atoms with Gasteiger partial charge in [0.15, 0.2) is 0 Å². The second-order valence-corrected chi connectivity index (χ2v) is 11.8. The smallest absolute Gasteiger partial charge is 0.254 e. The number of amides is 2. The molecule has 2 aromatic carbocycles. The second kappa shape index (κ2) is 11.1. The van der Waals surface area contributed by atoms with Crippen LogP contribution in [0.3, 0.4) is 0 Å². The Balaban J connectivity index is 1.54. The van der Waals surface area contributed by atoms with Crippen LogP contribution in [0, 0.1) is 5.82 Å². The maximum absolute atomic E-state index is 13.7. The van der Waals surface area contributed by atoms with Crippen LogP contribution in [-0.4, -0.2) is 46.8 Å². The number of rotatable bonds is 7. The Morgan fingerprint density at radius 1 is 1.08 bits per heavy atom.